The van der Waals surface area contributed by atoms with Gasteiger partial charge in [0.05, 0.1) is 5.57 Å². The Morgan fingerprint density at radius 3 is 1.83 bits per heavy atom. The van der Waals surface area contributed by atoms with Crippen LogP contribution in [0.4, 0.5) is 0 Å². The predicted octanol–water partition coefficient (Wildman–Crippen LogP) is 3.62. The number of allylic oxidation sites excluding steroid dienone is 7. The number of carbonyl (C=O) groups is 2. The lowest BCUT2D eigenvalue weighted by atomic mass is 10.1. The van der Waals surface area contributed by atoms with Crippen molar-refractivity contribution >= 4 is 11.8 Å². The largest absolute Gasteiger partial charge is 0.322 e. The van der Waals surface area contributed by atoms with Gasteiger partial charge in [0, 0.05) is 17.0 Å². The van der Waals surface area contributed by atoms with Gasteiger partial charge < -0.3 is 10.6 Å². The van der Waals surface area contributed by atoms with Crippen LogP contribution in [0.1, 0.15) is 13.8 Å². The average Bonchev–Trinajstić information content (AvgIpc) is 2.58. The highest BCUT2D eigenvalue weighted by atomic mass is 16.2. The van der Waals surface area contributed by atoms with Gasteiger partial charge in [0.1, 0.15) is 0 Å². The second kappa shape index (κ2) is 11.4. The molecule has 0 rings (SSSR count). The fraction of sp³-hybridized carbons (Fsp3) is 0.100. The molecule has 2 amide bonds. The first-order chi connectivity index (χ1) is 11.5. The SMILES string of the molecule is C=C/C=C(\C=C)NC(=O)C(=C/C)/C(=C\C)NC(=O)/C(C=C)=C/C=C. The van der Waals surface area contributed by atoms with E-state index in [0.717, 1.165) is 0 Å². The van der Waals surface area contributed by atoms with E-state index in [2.05, 4.69) is 36.9 Å². The van der Waals surface area contributed by atoms with Gasteiger partial charge in [-0.3, -0.25) is 9.59 Å². The molecule has 24 heavy (non-hydrogen) atoms. The van der Waals surface area contributed by atoms with Crippen molar-refractivity contribution in [1.82, 2.24) is 10.6 Å². The van der Waals surface area contributed by atoms with E-state index in [9.17, 15) is 9.59 Å². The van der Waals surface area contributed by atoms with Gasteiger partial charge in [-0.2, -0.15) is 0 Å². The fourth-order valence-electron chi connectivity index (χ4n) is 1.75. The summed E-state index contributed by atoms with van der Waals surface area (Å²) in [6.07, 6.45) is 12.4. The molecule has 0 unspecified atom stereocenters. The Hall–Kier alpha value is -3.14. The fourth-order valence-corrected chi connectivity index (χ4v) is 1.75. The minimum atomic E-state index is -0.379. The Morgan fingerprint density at radius 1 is 0.792 bits per heavy atom. The number of nitrogens with one attached hydrogen (secondary N) is 2. The topological polar surface area (TPSA) is 58.2 Å². The summed E-state index contributed by atoms with van der Waals surface area (Å²) in [5, 5.41) is 5.39. The zero-order chi connectivity index (χ0) is 18.5. The summed E-state index contributed by atoms with van der Waals surface area (Å²) in [6.45, 7) is 17.8. The lowest BCUT2D eigenvalue weighted by Gasteiger charge is -2.14. The molecule has 0 aromatic heterocycles. The van der Waals surface area contributed by atoms with Crippen LogP contribution in [-0.4, -0.2) is 11.8 Å². The first-order valence-corrected chi connectivity index (χ1v) is 7.34. The minimum absolute atomic E-state index is 0.324. The number of carbonyl (C=O) groups excluding carboxylic acids is 2. The van der Waals surface area contributed by atoms with Gasteiger partial charge in [-0.25, -0.2) is 0 Å². The van der Waals surface area contributed by atoms with Crippen LogP contribution in [0.25, 0.3) is 0 Å². The Balaban J connectivity index is 5.41. The van der Waals surface area contributed by atoms with Gasteiger partial charge in [-0.15, -0.1) is 0 Å². The van der Waals surface area contributed by atoms with Crippen LogP contribution in [0.3, 0.4) is 0 Å². The van der Waals surface area contributed by atoms with Crippen LogP contribution < -0.4 is 10.6 Å². The summed E-state index contributed by atoms with van der Waals surface area (Å²) in [6, 6.07) is 0. The second-order valence-corrected chi connectivity index (χ2v) is 4.44. The van der Waals surface area contributed by atoms with Crippen molar-refractivity contribution in [2.24, 2.45) is 0 Å². The molecule has 4 nitrogen and oxygen atoms in total. The molecule has 0 aromatic carbocycles. The Kier molecular flexibility index (Phi) is 9.93. The highest BCUT2D eigenvalue weighted by molar-refractivity contribution is 6.03. The first-order valence-electron chi connectivity index (χ1n) is 7.34. The van der Waals surface area contributed by atoms with Crippen LogP contribution in [0.5, 0.6) is 0 Å². The van der Waals surface area contributed by atoms with Crippen molar-refractivity contribution in [3.05, 3.63) is 97.5 Å². The van der Waals surface area contributed by atoms with Crippen molar-refractivity contribution in [3.63, 3.8) is 0 Å². The third kappa shape index (κ3) is 6.32. The van der Waals surface area contributed by atoms with Crippen LogP contribution in [-0.2, 0) is 9.59 Å². The molecular weight excluding hydrogens is 300 g/mol. The molecule has 126 valence electrons. The molecule has 0 aliphatic heterocycles. The molecule has 0 saturated heterocycles. The zero-order valence-electron chi connectivity index (χ0n) is 14.3. The van der Waals surface area contributed by atoms with Crippen LogP contribution >= 0.6 is 0 Å². The quantitative estimate of drug-likeness (QED) is 0.503. The van der Waals surface area contributed by atoms with Crippen molar-refractivity contribution < 1.29 is 9.59 Å². The summed E-state index contributed by atoms with van der Waals surface area (Å²) in [5.41, 5.74) is 1.57. The average molecular weight is 324 g/mol. The molecule has 0 atom stereocenters. The Labute approximate surface area is 144 Å². The number of rotatable bonds is 9. The molecule has 2 N–H and O–H groups in total. The van der Waals surface area contributed by atoms with E-state index in [-0.39, 0.29) is 11.8 Å². The Morgan fingerprint density at radius 2 is 1.42 bits per heavy atom. The molecule has 0 heterocycles. The first kappa shape index (κ1) is 20.9. The summed E-state index contributed by atoms with van der Waals surface area (Å²) >= 11 is 0. The molecular formula is C20H24N2O2. The van der Waals surface area contributed by atoms with Crippen molar-refractivity contribution in [2.45, 2.75) is 13.8 Å². The van der Waals surface area contributed by atoms with Crippen molar-refractivity contribution in [2.75, 3.05) is 0 Å². The van der Waals surface area contributed by atoms with Gasteiger partial charge in [0.25, 0.3) is 11.8 Å². The van der Waals surface area contributed by atoms with E-state index in [1.807, 2.05) is 0 Å². The molecule has 0 radical (unpaired) electrons. The smallest absolute Gasteiger partial charge is 0.257 e. The normalized spacial score (nSPS) is 12.9. The number of amides is 2. The Bertz CT molecular complexity index is 659. The summed E-state index contributed by atoms with van der Waals surface area (Å²) < 4.78 is 0. The van der Waals surface area contributed by atoms with E-state index >= 15 is 0 Å². The predicted molar refractivity (Wildman–Crippen MR) is 101 cm³/mol. The van der Waals surface area contributed by atoms with E-state index < -0.39 is 0 Å². The van der Waals surface area contributed by atoms with Crippen molar-refractivity contribution in [3.8, 4) is 0 Å². The van der Waals surface area contributed by atoms with E-state index in [1.165, 1.54) is 24.3 Å². The lowest BCUT2D eigenvalue weighted by Crippen LogP contribution is -2.31. The third-order valence-electron chi connectivity index (χ3n) is 2.92. The van der Waals surface area contributed by atoms with Gasteiger partial charge in [0.15, 0.2) is 0 Å². The highest BCUT2D eigenvalue weighted by Crippen LogP contribution is 2.10. The van der Waals surface area contributed by atoms with Gasteiger partial charge in [-0.1, -0.05) is 62.8 Å². The molecule has 0 spiro atoms. The maximum absolute atomic E-state index is 12.4. The summed E-state index contributed by atoms with van der Waals surface area (Å²) in [4.78, 5) is 24.6. The van der Waals surface area contributed by atoms with Crippen molar-refractivity contribution in [1.29, 1.82) is 0 Å². The highest BCUT2D eigenvalue weighted by Gasteiger charge is 2.16. The van der Waals surface area contributed by atoms with Gasteiger partial charge in [0.2, 0.25) is 0 Å². The molecule has 0 saturated carbocycles. The monoisotopic (exact) mass is 324 g/mol. The molecule has 0 aliphatic carbocycles. The van der Waals surface area contributed by atoms with E-state index in [1.54, 1.807) is 38.2 Å². The minimum Gasteiger partial charge on any atom is -0.322 e. The van der Waals surface area contributed by atoms with E-state index in [0.29, 0.717) is 22.5 Å². The van der Waals surface area contributed by atoms with Crippen LogP contribution in [0, 0.1) is 0 Å². The van der Waals surface area contributed by atoms with Crippen LogP contribution in [0.15, 0.2) is 97.5 Å². The summed E-state index contributed by atoms with van der Waals surface area (Å²) in [5.74, 6) is -0.748. The molecule has 0 bridgehead atoms. The lowest BCUT2D eigenvalue weighted by molar-refractivity contribution is -0.116. The van der Waals surface area contributed by atoms with E-state index in [4.69, 9.17) is 0 Å². The molecule has 0 aliphatic rings. The number of hydrogen-bond acceptors (Lipinski definition) is 2. The second-order valence-electron chi connectivity index (χ2n) is 4.44. The zero-order valence-corrected chi connectivity index (χ0v) is 14.3. The molecule has 4 heteroatoms. The summed E-state index contributed by atoms with van der Waals surface area (Å²) in [7, 11) is 0. The number of hydrogen-bond donors (Lipinski definition) is 2. The van der Waals surface area contributed by atoms with Gasteiger partial charge >= 0.3 is 0 Å². The molecule has 0 aromatic rings. The van der Waals surface area contributed by atoms with Crippen LogP contribution in [0.2, 0.25) is 0 Å². The maximum Gasteiger partial charge on any atom is 0.257 e. The third-order valence-corrected chi connectivity index (χ3v) is 2.92. The maximum atomic E-state index is 12.4. The molecule has 0 fully saturated rings. The standard InChI is InChI=1S/C20H24N2O2/c1-7-13-15(9-3)19(23)22-18(12-6)17(11-5)20(24)21-16(10-4)14-8-2/h7-14H,1-4H2,5-6H3,(H,21,24)(H,22,23)/b15-13+,16-14+,17-11+,18-12+. The van der Waals surface area contributed by atoms with Gasteiger partial charge in [-0.05, 0) is 26.0 Å².